The van der Waals surface area contributed by atoms with E-state index in [1.54, 1.807) is 0 Å². The molecule has 0 spiro atoms. The fraction of sp³-hybridized carbons (Fsp3) is 0.556. The number of amides is 2. The molecule has 0 aliphatic carbocycles. The molecular formula is C27H36N4O2. The Hall–Kier alpha value is -2.76. The summed E-state index contributed by atoms with van der Waals surface area (Å²) in [6, 6.07) is 8.21. The number of carbonyl (C=O) groups excluding carboxylic acids is 2. The predicted octanol–water partition coefficient (Wildman–Crippen LogP) is 4.08. The Labute approximate surface area is 197 Å². The lowest BCUT2D eigenvalue weighted by molar-refractivity contribution is -0.132. The van der Waals surface area contributed by atoms with Crippen molar-refractivity contribution in [3.8, 4) is 0 Å². The predicted molar refractivity (Wildman–Crippen MR) is 129 cm³/mol. The molecular weight excluding hydrogens is 412 g/mol. The summed E-state index contributed by atoms with van der Waals surface area (Å²) < 4.78 is 0. The smallest absolute Gasteiger partial charge is 0.229 e. The summed E-state index contributed by atoms with van der Waals surface area (Å²) in [7, 11) is 0. The molecule has 2 amide bonds. The highest BCUT2D eigenvalue weighted by atomic mass is 16.2. The first-order valence-corrected chi connectivity index (χ1v) is 12.3. The number of hydrogen-bond donors (Lipinski definition) is 0. The largest absolute Gasteiger partial charge is 0.342 e. The Bertz CT molecular complexity index is 988. The van der Waals surface area contributed by atoms with Crippen LogP contribution in [0.15, 0.2) is 24.3 Å². The van der Waals surface area contributed by atoms with Gasteiger partial charge in [-0.05, 0) is 58.9 Å². The molecule has 0 N–H and O–H groups in total. The first-order chi connectivity index (χ1) is 15.8. The van der Waals surface area contributed by atoms with Gasteiger partial charge in [-0.2, -0.15) is 0 Å². The number of piperidine rings is 1. The number of nitrogens with zero attached hydrogens (tertiary/aromatic N) is 4. The number of benzene rings is 1. The maximum Gasteiger partial charge on any atom is 0.229 e. The van der Waals surface area contributed by atoms with Crippen molar-refractivity contribution in [1.82, 2.24) is 19.8 Å². The van der Waals surface area contributed by atoms with E-state index in [0.717, 1.165) is 67.2 Å². The summed E-state index contributed by atoms with van der Waals surface area (Å²) in [5, 5.41) is 0. The van der Waals surface area contributed by atoms with E-state index in [0.29, 0.717) is 13.0 Å². The van der Waals surface area contributed by atoms with Crippen molar-refractivity contribution >= 4 is 11.8 Å². The maximum atomic E-state index is 13.1. The van der Waals surface area contributed by atoms with Crippen LogP contribution in [0.1, 0.15) is 78.3 Å². The standard InChI is InChI=1S/C27H36N4O2/c1-18-8-10-22(11-9-18)19(2)27(33)31-15-12-23(17-31)26-28-20(3)24(21(4)29-26)16-25(32)30-13-6-5-7-14-30/h8-11,19,23H,5-7,12-17H2,1-4H3/t19-,23-/m0/s1. The number of hydrogen-bond acceptors (Lipinski definition) is 4. The normalized spacial score (nSPS) is 19.6. The first kappa shape index (κ1) is 23.4. The lowest BCUT2D eigenvalue weighted by Crippen LogP contribution is -2.37. The number of aromatic nitrogens is 2. The van der Waals surface area contributed by atoms with Crippen molar-refractivity contribution in [3.05, 3.63) is 58.2 Å². The zero-order valence-electron chi connectivity index (χ0n) is 20.4. The molecule has 4 rings (SSSR count). The number of rotatable bonds is 5. The van der Waals surface area contributed by atoms with E-state index >= 15 is 0 Å². The van der Waals surface area contributed by atoms with Gasteiger partial charge < -0.3 is 9.80 Å². The molecule has 3 heterocycles. The van der Waals surface area contributed by atoms with Crippen LogP contribution in [0.25, 0.3) is 0 Å². The van der Waals surface area contributed by atoms with Crippen LogP contribution in [0.3, 0.4) is 0 Å². The van der Waals surface area contributed by atoms with Gasteiger partial charge in [-0.15, -0.1) is 0 Å². The van der Waals surface area contributed by atoms with Gasteiger partial charge in [0.2, 0.25) is 11.8 Å². The van der Waals surface area contributed by atoms with E-state index in [-0.39, 0.29) is 23.7 Å². The molecule has 2 saturated heterocycles. The zero-order valence-corrected chi connectivity index (χ0v) is 20.4. The minimum atomic E-state index is -0.156. The second kappa shape index (κ2) is 10.0. The van der Waals surface area contributed by atoms with Crippen molar-refractivity contribution in [2.24, 2.45) is 0 Å². The Balaban J connectivity index is 1.41. The van der Waals surface area contributed by atoms with E-state index in [2.05, 4.69) is 19.1 Å². The first-order valence-electron chi connectivity index (χ1n) is 12.3. The Morgan fingerprint density at radius 3 is 2.21 bits per heavy atom. The fourth-order valence-corrected chi connectivity index (χ4v) is 5.05. The quantitative estimate of drug-likeness (QED) is 0.691. The van der Waals surface area contributed by atoms with Gasteiger partial charge >= 0.3 is 0 Å². The topological polar surface area (TPSA) is 66.4 Å². The summed E-state index contributed by atoms with van der Waals surface area (Å²) in [6.07, 6.45) is 4.65. The Morgan fingerprint density at radius 1 is 0.939 bits per heavy atom. The fourth-order valence-electron chi connectivity index (χ4n) is 5.05. The van der Waals surface area contributed by atoms with E-state index < -0.39 is 0 Å². The molecule has 1 aromatic carbocycles. The van der Waals surface area contributed by atoms with Crippen molar-refractivity contribution in [2.75, 3.05) is 26.2 Å². The van der Waals surface area contributed by atoms with Crippen LogP contribution in [0.2, 0.25) is 0 Å². The third-order valence-electron chi connectivity index (χ3n) is 7.29. The van der Waals surface area contributed by atoms with Crippen LogP contribution in [0, 0.1) is 20.8 Å². The molecule has 176 valence electrons. The second-order valence-electron chi connectivity index (χ2n) is 9.75. The average molecular weight is 449 g/mol. The van der Waals surface area contributed by atoms with Crippen molar-refractivity contribution in [1.29, 1.82) is 0 Å². The second-order valence-corrected chi connectivity index (χ2v) is 9.75. The lowest BCUT2D eigenvalue weighted by atomic mass is 9.98. The number of likely N-dealkylation sites (tertiary alicyclic amines) is 2. The van der Waals surface area contributed by atoms with Crippen molar-refractivity contribution < 1.29 is 9.59 Å². The third-order valence-corrected chi connectivity index (χ3v) is 7.29. The van der Waals surface area contributed by atoms with Gasteiger partial charge in [-0.3, -0.25) is 9.59 Å². The van der Waals surface area contributed by atoms with E-state index in [1.165, 1.54) is 12.0 Å². The molecule has 0 bridgehead atoms. The molecule has 33 heavy (non-hydrogen) atoms. The van der Waals surface area contributed by atoms with Crippen molar-refractivity contribution in [2.45, 2.75) is 71.6 Å². The maximum absolute atomic E-state index is 13.1. The molecule has 1 aromatic heterocycles. The van der Waals surface area contributed by atoms with E-state index in [9.17, 15) is 9.59 Å². The molecule has 2 aromatic rings. The molecule has 0 radical (unpaired) electrons. The summed E-state index contributed by atoms with van der Waals surface area (Å²) in [6.45, 7) is 11.1. The number of aryl methyl sites for hydroxylation is 3. The summed E-state index contributed by atoms with van der Waals surface area (Å²) >= 11 is 0. The van der Waals surface area contributed by atoms with Crippen LogP contribution < -0.4 is 0 Å². The van der Waals surface area contributed by atoms with Crippen LogP contribution in [0.4, 0.5) is 0 Å². The summed E-state index contributed by atoms with van der Waals surface area (Å²) in [5.41, 5.74) is 4.98. The molecule has 2 fully saturated rings. The molecule has 6 nitrogen and oxygen atoms in total. The highest BCUT2D eigenvalue weighted by Crippen LogP contribution is 2.29. The van der Waals surface area contributed by atoms with Gasteiger partial charge in [0.1, 0.15) is 5.82 Å². The molecule has 2 atom stereocenters. The third kappa shape index (κ3) is 5.26. The average Bonchev–Trinajstić information content (AvgIpc) is 3.31. The van der Waals surface area contributed by atoms with E-state index in [1.807, 2.05) is 42.7 Å². The van der Waals surface area contributed by atoms with Gasteiger partial charge in [-0.1, -0.05) is 29.8 Å². The Morgan fingerprint density at radius 2 is 1.58 bits per heavy atom. The van der Waals surface area contributed by atoms with Crippen molar-refractivity contribution in [3.63, 3.8) is 0 Å². The van der Waals surface area contributed by atoms with Gasteiger partial charge in [-0.25, -0.2) is 9.97 Å². The highest BCUT2D eigenvalue weighted by molar-refractivity contribution is 5.83. The van der Waals surface area contributed by atoms with Gasteiger partial charge in [0.25, 0.3) is 0 Å². The zero-order chi connectivity index (χ0) is 23.5. The van der Waals surface area contributed by atoms with Crippen LogP contribution in [-0.4, -0.2) is 57.8 Å². The minimum absolute atomic E-state index is 0.142. The Kier molecular flexibility index (Phi) is 7.11. The minimum Gasteiger partial charge on any atom is -0.342 e. The van der Waals surface area contributed by atoms with Gasteiger partial charge in [0.05, 0.1) is 12.3 Å². The molecule has 2 aliphatic rings. The summed E-state index contributed by atoms with van der Waals surface area (Å²) in [4.78, 5) is 39.4. The highest BCUT2D eigenvalue weighted by Gasteiger charge is 2.32. The molecule has 0 unspecified atom stereocenters. The SMILES string of the molecule is Cc1ccc([C@H](C)C(=O)N2CC[C@H](c3nc(C)c(CC(=O)N4CCCCC4)c(C)n3)C2)cc1. The monoisotopic (exact) mass is 448 g/mol. The molecule has 6 heteroatoms. The van der Waals surface area contributed by atoms with E-state index in [4.69, 9.17) is 9.97 Å². The van der Waals surface area contributed by atoms with Crippen LogP contribution in [-0.2, 0) is 16.0 Å². The van der Waals surface area contributed by atoms with Gasteiger partial charge in [0.15, 0.2) is 0 Å². The molecule has 0 saturated carbocycles. The van der Waals surface area contributed by atoms with Crippen LogP contribution in [0.5, 0.6) is 0 Å². The molecule has 2 aliphatic heterocycles. The summed E-state index contributed by atoms with van der Waals surface area (Å²) in [5.74, 6) is 1.14. The lowest BCUT2D eigenvalue weighted by Gasteiger charge is -2.27. The van der Waals surface area contributed by atoms with Gasteiger partial charge in [0, 0.05) is 49.0 Å². The van der Waals surface area contributed by atoms with Crippen LogP contribution >= 0.6 is 0 Å². The number of carbonyl (C=O) groups is 2.